The second kappa shape index (κ2) is 11.9. The van der Waals surface area contributed by atoms with Gasteiger partial charge in [-0.1, -0.05) is 24.3 Å². The first-order chi connectivity index (χ1) is 12.6. The molecule has 0 aromatic heterocycles. The van der Waals surface area contributed by atoms with E-state index in [2.05, 4.69) is 15.6 Å². The van der Waals surface area contributed by atoms with E-state index in [1.165, 1.54) is 18.2 Å². The summed E-state index contributed by atoms with van der Waals surface area (Å²) >= 11 is 0. The van der Waals surface area contributed by atoms with Crippen molar-refractivity contribution in [2.75, 3.05) is 26.7 Å². The van der Waals surface area contributed by atoms with Crippen LogP contribution in [0.5, 0.6) is 5.75 Å². The molecule has 146 valence electrons. The third kappa shape index (κ3) is 7.65. The fourth-order valence-electron chi connectivity index (χ4n) is 2.26. The zero-order valence-corrected chi connectivity index (χ0v) is 16.8. The fourth-order valence-corrected chi connectivity index (χ4v) is 2.26. The molecule has 2 aromatic rings. The minimum atomic E-state index is -0.544. The predicted molar refractivity (Wildman–Crippen MR) is 110 cm³/mol. The van der Waals surface area contributed by atoms with Gasteiger partial charge in [-0.05, 0) is 36.2 Å². The number of guanidine groups is 1. The summed E-state index contributed by atoms with van der Waals surface area (Å²) in [5, 5.41) is 5.53. The van der Waals surface area contributed by atoms with E-state index >= 15 is 0 Å². The summed E-state index contributed by atoms with van der Waals surface area (Å²) in [4.78, 5) is 16.1. The largest absolute Gasteiger partial charge is 0.497 e. The molecule has 0 spiro atoms. The molecule has 6 nitrogen and oxygen atoms in total. The van der Waals surface area contributed by atoms with E-state index in [0.29, 0.717) is 25.6 Å². The third-order valence-corrected chi connectivity index (χ3v) is 3.68. The second-order valence-corrected chi connectivity index (χ2v) is 5.53. The number of methoxy groups -OCH3 is 1. The molecule has 0 bridgehead atoms. The lowest BCUT2D eigenvalue weighted by Gasteiger charge is -2.08. The molecule has 2 aromatic carbocycles. The molecule has 0 aliphatic carbocycles. The molecule has 0 fully saturated rings. The summed E-state index contributed by atoms with van der Waals surface area (Å²) in [6.45, 7) is 1.26. The Hall–Kier alpha value is -2.61. The Bertz CT molecular complexity index is 754. The highest BCUT2D eigenvalue weighted by atomic mass is 79.9. The zero-order chi connectivity index (χ0) is 18.8. The van der Waals surface area contributed by atoms with Gasteiger partial charge in [-0.3, -0.25) is 9.79 Å². The number of nitrogens with two attached hydrogens (primary N) is 1. The topological polar surface area (TPSA) is 88.7 Å². The molecule has 0 atom stereocenters. The van der Waals surface area contributed by atoms with Crippen LogP contribution < -0.4 is 21.1 Å². The molecule has 8 heteroatoms. The summed E-state index contributed by atoms with van der Waals surface area (Å²) in [7, 11) is 1.63. The number of carbonyl (C=O) groups is 1. The van der Waals surface area contributed by atoms with Crippen LogP contribution in [-0.2, 0) is 6.42 Å². The van der Waals surface area contributed by atoms with E-state index in [0.717, 1.165) is 17.7 Å². The fraction of sp³-hybridized carbons (Fsp3) is 0.263. The number of aliphatic imine (C=N–C) groups is 1. The normalized spacial score (nSPS) is 10.7. The van der Waals surface area contributed by atoms with Gasteiger partial charge in [0.25, 0.3) is 5.91 Å². The molecule has 1 amide bonds. The summed E-state index contributed by atoms with van der Waals surface area (Å²) in [6.07, 6.45) is 0.760. The lowest BCUT2D eigenvalue weighted by Crippen LogP contribution is -2.38. The molecule has 0 saturated heterocycles. The summed E-state index contributed by atoms with van der Waals surface area (Å²) < 4.78 is 18.6. The van der Waals surface area contributed by atoms with Gasteiger partial charge in [0.2, 0.25) is 0 Å². The van der Waals surface area contributed by atoms with Gasteiger partial charge in [0.1, 0.15) is 11.6 Å². The monoisotopic (exact) mass is 438 g/mol. The van der Waals surface area contributed by atoms with E-state index in [-0.39, 0.29) is 22.5 Å². The van der Waals surface area contributed by atoms with Crippen LogP contribution in [0.2, 0.25) is 0 Å². The van der Waals surface area contributed by atoms with Crippen LogP contribution in [-0.4, -0.2) is 38.6 Å². The lowest BCUT2D eigenvalue weighted by molar-refractivity contribution is 0.0950. The molecule has 2 rings (SSSR count). The van der Waals surface area contributed by atoms with E-state index < -0.39 is 11.7 Å². The third-order valence-electron chi connectivity index (χ3n) is 3.68. The molecule has 4 N–H and O–H groups in total. The highest BCUT2D eigenvalue weighted by Gasteiger charge is 2.09. The minimum Gasteiger partial charge on any atom is -0.497 e. The van der Waals surface area contributed by atoms with Gasteiger partial charge in [0, 0.05) is 19.6 Å². The first-order valence-electron chi connectivity index (χ1n) is 8.29. The molecule has 0 radical (unpaired) electrons. The number of amides is 1. The maximum atomic E-state index is 13.5. The highest BCUT2D eigenvalue weighted by Crippen LogP contribution is 2.11. The van der Waals surface area contributed by atoms with Crippen molar-refractivity contribution >= 4 is 28.8 Å². The Morgan fingerprint density at radius 1 is 1.11 bits per heavy atom. The van der Waals surface area contributed by atoms with Gasteiger partial charge in [-0.25, -0.2) is 4.39 Å². The Balaban J connectivity index is 0.00000364. The maximum absolute atomic E-state index is 13.5. The molecule has 0 aliphatic rings. The number of halogens is 2. The highest BCUT2D eigenvalue weighted by molar-refractivity contribution is 8.93. The lowest BCUT2D eigenvalue weighted by atomic mass is 10.1. The maximum Gasteiger partial charge on any atom is 0.254 e. The quantitative estimate of drug-likeness (QED) is 0.335. The summed E-state index contributed by atoms with van der Waals surface area (Å²) in [5.41, 5.74) is 6.94. The molecule has 0 unspecified atom stereocenters. The molecular formula is C19H24BrFN4O2. The number of ether oxygens (including phenoxy) is 1. The van der Waals surface area contributed by atoms with Gasteiger partial charge < -0.3 is 21.1 Å². The zero-order valence-electron chi connectivity index (χ0n) is 15.1. The Labute approximate surface area is 168 Å². The molecule has 0 heterocycles. The van der Waals surface area contributed by atoms with Gasteiger partial charge in [0.05, 0.1) is 12.7 Å². The van der Waals surface area contributed by atoms with Crippen LogP contribution in [0.15, 0.2) is 53.5 Å². The second-order valence-electron chi connectivity index (χ2n) is 5.53. The smallest absolute Gasteiger partial charge is 0.254 e. The van der Waals surface area contributed by atoms with Crippen molar-refractivity contribution in [1.82, 2.24) is 10.6 Å². The van der Waals surface area contributed by atoms with E-state index in [4.69, 9.17) is 10.5 Å². The van der Waals surface area contributed by atoms with Crippen LogP contribution >= 0.6 is 17.0 Å². The number of rotatable bonds is 8. The van der Waals surface area contributed by atoms with Gasteiger partial charge in [-0.2, -0.15) is 0 Å². The van der Waals surface area contributed by atoms with Crippen LogP contribution in [0.25, 0.3) is 0 Å². The Morgan fingerprint density at radius 3 is 2.44 bits per heavy atom. The average Bonchev–Trinajstić information content (AvgIpc) is 2.66. The standard InChI is InChI=1S/C19H23FN4O2.BrH/c1-26-15-8-6-14(7-9-15)10-11-23-19(21)24-13-12-22-18(25)16-4-2-3-5-17(16)20;/h2-9H,10-13H2,1H3,(H,22,25)(H3,21,23,24);1H. The van der Waals surface area contributed by atoms with Crippen molar-refractivity contribution in [3.63, 3.8) is 0 Å². The van der Waals surface area contributed by atoms with Crippen LogP contribution in [0.4, 0.5) is 4.39 Å². The number of hydrogen-bond donors (Lipinski definition) is 3. The van der Waals surface area contributed by atoms with E-state index in [1.807, 2.05) is 24.3 Å². The number of nitrogens with zero attached hydrogens (tertiary/aromatic N) is 1. The van der Waals surface area contributed by atoms with Crippen molar-refractivity contribution in [1.29, 1.82) is 0 Å². The first-order valence-corrected chi connectivity index (χ1v) is 8.29. The number of carbonyl (C=O) groups excluding carboxylic acids is 1. The Kier molecular flexibility index (Phi) is 9.89. The van der Waals surface area contributed by atoms with Crippen LogP contribution in [0.1, 0.15) is 15.9 Å². The van der Waals surface area contributed by atoms with Gasteiger partial charge in [-0.15, -0.1) is 17.0 Å². The number of hydrogen-bond acceptors (Lipinski definition) is 3. The van der Waals surface area contributed by atoms with Crippen molar-refractivity contribution in [3.8, 4) is 5.75 Å². The number of benzene rings is 2. The van der Waals surface area contributed by atoms with Crippen molar-refractivity contribution in [2.45, 2.75) is 6.42 Å². The van der Waals surface area contributed by atoms with Crippen molar-refractivity contribution in [3.05, 3.63) is 65.5 Å². The van der Waals surface area contributed by atoms with Crippen molar-refractivity contribution in [2.24, 2.45) is 10.7 Å². The average molecular weight is 439 g/mol. The van der Waals surface area contributed by atoms with Crippen LogP contribution in [0.3, 0.4) is 0 Å². The van der Waals surface area contributed by atoms with E-state index in [9.17, 15) is 9.18 Å². The van der Waals surface area contributed by atoms with E-state index in [1.54, 1.807) is 13.2 Å². The molecule has 0 saturated carbocycles. The minimum absolute atomic E-state index is 0. The summed E-state index contributed by atoms with van der Waals surface area (Å²) in [6, 6.07) is 13.6. The van der Waals surface area contributed by atoms with Crippen LogP contribution in [0, 0.1) is 5.82 Å². The van der Waals surface area contributed by atoms with Gasteiger partial charge in [0.15, 0.2) is 5.96 Å². The van der Waals surface area contributed by atoms with Gasteiger partial charge >= 0.3 is 0 Å². The SMILES string of the molecule is Br.COc1ccc(CCN=C(N)NCCNC(=O)c2ccccc2F)cc1. The molecule has 0 aliphatic heterocycles. The molecule has 27 heavy (non-hydrogen) atoms. The van der Waals surface area contributed by atoms with Crippen molar-refractivity contribution < 1.29 is 13.9 Å². The summed E-state index contributed by atoms with van der Waals surface area (Å²) in [5.74, 6) is 0.118. The Morgan fingerprint density at radius 2 is 1.78 bits per heavy atom. The molecular weight excluding hydrogens is 415 g/mol. The number of nitrogens with one attached hydrogen (secondary N) is 2. The first kappa shape index (κ1) is 22.4. The predicted octanol–water partition coefficient (Wildman–Crippen LogP) is 2.29.